The standard InChI is InChI=1S/C13H23N5O/c1-4-10(2)17-5-7-18(8-6-17)13-11(19-3)12(14)15-9-16-13/h9-10H,4-8H2,1-3H3,(H2,14,15,16). The molecule has 0 spiro atoms. The highest BCUT2D eigenvalue weighted by Gasteiger charge is 2.23. The summed E-state index contributed by atoms with van der Waals surface area (Å²) in [5, 5.41) is 0. The van der Waals surface area contributed by atoms with Gasteiger partial charge in [0.1, 0.15) is 6.33 Å². The molecule has 106 valence electrons. The maximum Gasteiger partial charge on any atom is 0.204 e. The SMILES string of the molecule is CCC(C)N1CCN(c2ncnc(N)c2OC)CC1. The van der Waals surface area contributed by atoms with Crippen molar-refractivity contribution in [3.8, 4) is 5.75 Å². The minimum absolute atomic E-state index is 0.400. The zero-order valence-electron chi connectivity index (χ0n) is 12.0. The zero-order valence-corrected chi connectivity index (χ0v) is 12.0. The van der Waals surface area contributed by atoms with Gasteiger partial charge in [-0.15, -0.1) is 0 Å². The topological polar surface area (TPSA) is 67.5 Å². The van der Waals surface area contributed by atoms with Crippen LogP contribution in [0.1, 0.15) is 20.3 Å². The lowest BCUT2D eigenvalue weighted by Gasteiger charge is -2.38. The largest absolute Gasteiger partial charge is 0.490 e. The molecule has 0 bridgehead atoms. The molecule has 1 aromatic heterocycles. The van der Waals surface area contributed by atoms with Gasteiger partial charge in [0.15, 0.2) is 11.6 Å². The minimum Gasteiger partial charge on any atom is -0.490 e. The van der Waals surface area contributed by atoms with Gasteiger partial charge in [-0.05, 0) is 13.3 Å². The molecule has 19 heavy (non-hydrogen) atoms. The van der Waals surface area contributed by atoms with Crippen LogP contribution < -0.4 is 15.4 Å². The molecular formula is C13H23N5O. The second-order valence-corrected chi connectivity index (χ2v) is 4.90. The van der Waals surface area contributed by atoms with E-state index >= 15 is 0 Å². The Morgan fingerprint density at radius 2 is 2.00 bits per heavy atom. The summed E-state index contributed by atoms with van der Waals surface area (Å²) in [6.45, 7) is 8.47. The molecule has 1 aliphatic heterocycles. The molecule has 0 aliphatic carbocycles. The van der Waals surface area contributed by atoms with Crippen molar-refractivity contribution in [3.63, 3.8) is 0 Å². The molecule has 1 saturated heterocycles. The Morgan fingerprint density at radius 3 is 2.58 bits per heavy atom. The summed E-state index contributed by atoms with van der Waals surface area (Å²) in [5.41, 5.74) is 5.82. The van der Waals surface area contributed by atoms with Crippen molar-refractivity contribution >= 4 is 11.6 Å². The number of methoxy groups -OCH3 is 1. The monoisotopic (exact) mass is 265 g/mol. The van der Waals surface area contributed by atoms with Crippen LogP contribution in [-0.4, -0.2) is 54.2 Å². The van der Waals surface area contributed by atoms with Crippen LogP contribution in [0.3, 0.4) is 0 Å². The van der Waals surface area contributed by atoms with Crippen LogP contribution in [0.5, 0.6) is 5.75 Å². The molecule has 1 atom stereocenters. The second-order valence-electron chi connectivity index (χ2n) is 4.90. The summed E-state index contributed by atoms with van der Waals surface area (Å²) >= 11 is 0. The number of aromatic nitrogens is 2. The van der Waals surface area contributed by atoms with Crippen LogP contribution in [0.15, 0.2) is 6.33 Å². The van der Waals surface area contributed by atoms with E-state index in [1.807, 2.05) is 0 Å². The fraction of sp³-hybridized carbons (Fsp3) is 0.692. The predicted molar refractivity (Wildman–Crippen MR) is 76.5 cm³/mol. The number of hydrogen-bond donors (Lipinski definition) is 1. The highest BCUT2D eigenvalue weighted by atomic mass is 16.5. The Kier molecular flexibility index (Phi) is 4.42. The van der Waals surface area contributed by atoms with Crippen LogP contribution in [0, 0.1) is 0 Å². The van der Waals surface area contributed by atoms with Crippen molar-refractivity contribution in [3.05, 3.63) is 6.33 Å². The fourth-order valence-electron chi connectivity index (χ4n) is 2.43. The van der Waals surface area contributed by atoms with Gasteiger partial charge in [-0.25, -0.2) is 9.97 Å². The third-order valence-electron chi connectivity index (χ3n) is 3.84. The van der Waals surface area contributed by atoms with Crippen molar-refractivity contribution in [2.45, 2.75) is 26.3 Å². The number of ether oxygens (including phenoxy) is 1. The highest BCUT2D eigenvalue weighted by Crippen LogP contribution is 2.30. The lowest BCUT2D eigenvalue weighted by molar-refractivity contribution is 0.192. The first-order valence-corrected chi connectivity index (χ1v) is 6.80. The summed E-state index contributed by atoms with van der Waals surface area (Å²) in [6, 6.07) is 0.638. The van der Waals surface area contributed by atoms with Crippen LogP contribution in [0.4, 0.5) is 11.6 Å². The van der Waals surface area contributed by atoms with Crippen LogP contribution >= 0.6 is 0 Å². The minimum atomic E-state index is 0.400. The van der Waals surface area contributed by atoms with Gasteiger partial charge in [0, 0.05) is 32.2 Å². The first kappa shape index (κ1) is 13.9. The number of piperazine rings is 1. The van der Waals surface area contributed by atoms with Crippen molar-refractivity contribution in [2.24, 2.45) is 0 Å². The van der Waals surface area contributed by atoms with E-state index in [4.69, 9.17) is 10.5 Å². The number of rotatable bonds is 4. The highest BCUT2D eigenvalue weighted by molar-refractivity contribution is 5.62. The molecule has 1 aromatic rings. The Labute approximate surface area is 114 Å². The van der Waals surface area contributed by atoms with Gasteiger partial charge in [-0.2, -0.15) is 0 Å². The van der Waals surface area contributed by atoms with Crippen molar-refractivity contribution in [1.82, 2.24) is 14.9 Å². The van der Waals surface area contributed by atoms with E-state index in [0.29, 0.717) is 17.6 Å². The Morgan fingerprint density at radius 1 is 1.32 bits per heavy atom. The maximum atomic E-state index is 5.82. The summed E-state index contributed by atoms with van der Waals surface area (Å²) in [6.07, 6.45) is 2.68. The molecule has 0 aromatic carbocycles. The summed E-state index contributed by atoms with van der Waals surface area (Å²) in [7, 11) is 1.61. The van der Waals surface area contributed by atoms with Gasteiger partial charge >= 0.3 is 0 Å². The second kappa shape index (κ2) is 6.06. The van der Waals surface area contributed by atoms with Gasteiger partial charge in [-0.3, -0.25) is 4.90 Å². The molecular weight excluding hydrogens is 242 g/mol. The van der Waals surface area contributed by atoms with Crippen LogP contribution in [0.2, 0.25) is 0 Å². The molecule has 1 aliphatic rings. The summed E-state index contributed by atoms with van der Waals surface area (Å²) < 4.78 is 5.32. The zero-order chi connectivity index (χ0) is 13.8. The van der Waals surface area contributed by atoms with Gasteiger partial charge in [0.25, 0.3) is 0 Å². The first-order chi connectivity index (χ1) is 9.17. The lowest BCUT2D eigenvalue weighted by atomic mass is 10.2. The smallest absolute Gasteiger partial charge is 0.204 e. The van der Waals surface area contributed by atoms with Crippen molar-refractivity contribution in [1.29, 1.82) is 0 Å². The van der Waals surface area contributed by atoms with Gasteiger partial charge < -0.3 is 15.4 Å². The third-order valence-corrected chi connectivity index (χ3v) is 3.84. The van der Waals surface area contributed by atoms with E-state index < -0.39 is 0 Å². The molecule has 6 heteroatoms. The Hall–Kier alpha value is -1.56. The van der Waals surface area contributed by atoms with E-state index in [0.717, 1.165) is 32.0 Å². The first-order valence-electron chi connectivity index (χ1n) is 6.80. The number of nitrogens with two attached hydrogens (primary N) is 1. The molecule has 0 radical (unpaired) electrons. The Balaban J connectivity index is 2.08. The summed E-state index contributed by atoms with van der Waals surface area (Å²) in [4.78, 5) is 13.0. The summed E-state index contributed by atoms with van der Waals surface area (Å²) in [5.74, 6) is 1.79. The maximum absolute atomic E-state index is 5.82. The number of anilines is 2. The van der Waals surface area contributed by atoms with Crippen molar-refractivity contribution < 1.29 is 4.74 Å². The van der Waals surface area contributed by atoms with Gasteiger partial charge in [-0.1, -0.05) is 6.92 Å². The molecule has 0 amide bonds. The van der Waals surface area contributed by atoms with E-state index in [2.05, 4.69) is 33.6 Å². The molecule has 1 fully saturated rings. The average Bonchev–Trinajstić information content (AvgIpc) is 2.46. The number of nitrogen functional groups attached to an aromatic ring is 1. The molecule has 2 heterocycles. The molecule has 6 nitrogen and oxygen atoms in total. The fourth-order valence-corrected chi connectivity index (χ4v) is 2.43. The molecule has 0 saturated carbocycles. The predicted octanol–water partition coefficient (Wildman–Crippen LogP) is 0.988. The number of hydrogen-bond acceptors (Lipinski definition) is 6. The molecule has 2 N–H and O–H groups in total. The Bertz CT molecular complexity index is 417. The lowest BCUT2D eigenvalue weighted by Crippen LogP contribution is -2.49. The van der Waals surface area contributed by atoms with E-state index in [1.54, 1.807) is 7.11 Å². The molecule has 1 unspecified atom stereocenters. The van der Waals surface area contributed by atoms with Crippen molar-refractivity contribution in [2.75, 3.05) is 43.9 Å². The van der Waals surface area contributed by atoms with E-state index in [1.165, 1.54) is 12.7 Å². The van der Waals surface area contributed by atoms with Crippen LogP contribution in [-0.2, 0) is 0 Å². The quantitative estimate of drug-likeness (QED) is 0.875. The van der Waals surface area contributed by atoms with Gasteiger partial charge in [0.2, 0.25) is 5.75 Å². The average molecular weight is 265 g/mol. The van der Waals surface area contributed by atoms with E-state index in [9.17, 15) is 0 Å². The molecule has 2 rings (SSSR count). The van der Waals surface area contributed by atoms with Gasteiger partial charge in [0.05, 0.1) is 7.11 Å². The normalized spacial score (nSPS) is 18.4. The third kappa shape index (κ3) is 2.89. The van der Waals surface area contributed by atoms with E-state index in [-0.39, 0.29) is 0 Å². The van der Waals surface area contributed by atoms with Crippen LogP contribution in [0.25, 0.3) is 0 Å². The number of nitrogens with zero attached hydrogens (tertiary/aromatic N) is 4.